The summed E-state index contributed by atoms with van der Waals surface area (Å²) in [6.07, 6.45) is 0. The zero-order valence-electron chi connectivity index (χ0n) is 15.8. The quantitative estimate of drug-likeness (QED) is 0.421. The van der Waals surface area contributed by atoms with E-state index < -0.39 is 0 Å². The van der Waals surface area contributed by atoms with Gasteiger partial charge in [-0.05, 0) is 58.8 Å². The Bertz CT molecular complexity index is 1130. The van der Waals surface area contributed by atoms with Gasteiger partial charge in [0.25, 0.3) is 0 Å². The molecule has 4 aromatic rings. The van der Waals surface area contributed by atoms with Crippen molar-refractivity contribution in [1.29, 1.82) is 0 Å². The molecule has 0 aliphatic heterocycles. The number of fused-ring (bicyclic) bond motifs is 1. The van der Waals surface area contributed by atoms with Crippen LogP contribution in [0.1, 0.15) is 15.9 Å². The molecule has 0 aromatic heterocycles. The average molecular weight is 368 g/mol. The van der Waals surface area contributed by atoms with Crippen LogP contribution in [0.3, 0.4) is 0 Å². The molecule has 0 saturated heterocycles. The third-order valence-corrected chi connectivity index (χ3v) is 4.89. The van der Waals surface area contributed by atoms with Crippen LogP contribution < -0.4 is 9.47 Å². The first-order chi connectivity index (χ1) is 13.7. The van der Waals surface area contributed by atoms with E-state index >= 15 is 0 Å². The summed E-state index contributed by atoms with van der Waals surface area (Å²) < 4.78 is 10.6. The number of carbonyl (C=O) groups excluding carboxylic acids is 1. The molecule has 28 heavy (non-hydrogen) atoms. The SMILES string of the molecule is COc1ccc(C(=O)c2ccc3ccc(OC)cc3c2-c2ccccc2)cc1. The van der Waals surface area contributed by atoms with E-state index in [1.807, 2.05) is 60.7 Å². The topological polar surface area (TPSA) is 35.5 Å². The van der Waals surface area contributed by atoms with Crippen molar-refractivity contribution in [1.82, 2.24) is 0 Å². The summed E-state index contributed by atoms with van der Waals surface area (Å²) in [5.74, 6) is 1.47. The molecule has 0 atom stereocenters. The summed E-state index contributed by atoms with van der Waals surface area (Å²) in [6, 6.07) is 27.0. The zero-order valence-corrected chi connectivity index (χ0v) is 15.8. The maximum absolute atomic E-state index is 13.4. The Balaban J connectivity index is 1.95. The first-order valence-corrected chi connectivity index (χ1v) is 9.06. The molecule has 0 aliphatic rings. The molecular formula is C25H20O3. The van der Waals surface area contributed by atoms with Gasteiger partial charge >= 0.3 is 0 Å². The largest absolute Gasteiger partial charge is 0.497 e. The Kier molecular flexibility index (Phi) is 4.81. The Morgan fingerprint density at radius 3 is 2.04 bits per heavy atom. The Morgan fingerprint density at radius 2 is 1.36 bits per heavy atom. The van der Waals surface area contributed by atoms with Gasteiger partial charge in [-0.2, -0.15) is 0 Å². The maximum Gasteiger partial charge on any atom is 0.193 e. The molecule has 0 spiro atoms. The molecule has 0 amide bonds. The Morgan fingerprint density at radius 1 is 0.714 bits per heavy atom. The molecule has 0 unspecified atom stereocenters. The van der Waals surface area contributed by atoms with Crippen molar-refractivity contribution >= 4 is 16.6 Å². The van der Waals surface area contributed by atoms with Crippen molar-refractivity contribution in [2.24, 2.45) is 0 Å². The number of benzene rings is 4. The number of methoxy groups -OCH3 is 2. The summed E-state index contributed by atoms with van der Waals surface area (Å²) in [4.78, 5) is 13.4. The lowest BCUT2D eigenvalue weighted by molar-refractivity contribution is 0.103. The van der Waals surface area contributed by atoms with Gasteiger partial charge in [-0.1, -0.05) is 42.5 Å². The molecular weight excluding hydrogens is 348 g/mol. The minimum atomic E-state index is -0.0220. The van der Waals surface area contributed by atoms with Crippen molar-refractivity contribution in [2.75, 3.05) is 14.2 Å². The third kappa shape index (κ3) is 3.23. The van der Waals surface area contributed by atoms with Gasteiger partial charge in [0.15, 0.2) is 5.78 Å². The van der Waals surface area contributed by atoms with Gasteiger partial charge in [-0.25, -0.2) is 0 Å². The van der Waals surface area contributed by atoms with Crippen LogP contribution in [0.4, 0.5) is 0 Å². The fourth-order valence-electron chi connectivity index (χ4n) is 3.43. The normalized spacial score (nSPS) is 10.6. The molecule has 0 aliphatic carbocycles. The first kappa shape index (κ1) is 17.8. The number of ether oxygens (including phenoxy) is 2. The minimum Gasteiger partial charge on any atom is -0.497 e. The second-order valence-corrected chi connectivity index (χ2v) is 6.50. The van der Waals surface area contributed by atoms with Crippen LogP contribution in [0, 0.1) is 0 Å². The summed E-state index contributed by atoms with van der Waals surface area (Å²) in [5.41, 5.74) is 3.20. The van der Waals surface area contributed by atoms with Crippen LogP contribution in [0.25, 0.3) is 21.9 Å². The molecule has 0 heterocycles. The fourth-order valence-corrected chi connectivity index (χ4v) is 3.43. The van der Waals surface area contributed by atoms with E-state index in [1.165, 1.54) is 0 Å². The molecule has 0 N–H and O–H groups in total. The van der Waals surface area contributed by atoms with E-state index in [9.17, 15) is 4.79 Å². The molecule has 4 rings (SSSR count). The molecule has 0 fully saturated rings. The van der Waals surface area contributed by atoms with Crippen LogP contribution in [-0.4, -0.2) is 20.0 Å². The zero-order chi connectivity index (χ0) is 19.5. The molecule has 0 saturated carbocycles. The standard InChI is InChI=1S/C25H20O3/c1-27-20-12-9-19(10-13-20)25(26)22-15-11-17-8-14-21(28-2)16-23(17)24(22)18-6-4-3-5-7-18/h3-16H,1-2H3. The van der Waals surface area contributed by atoms with Crippen LogP contribution in [-0.2, 0) is 0 Å². The van der Waals surface area contributed by atoms with E-state index in [2.05, 4.69) is 0 Å². The van der Waals surface area contributed by atoms with E-state index in [-0.39, 0.29) is 5.78 Å². The second-order valence-electron chi connectivity index (χ2n) is 6.50. The highest BCUT2D eigenvalue weighted by molar-refractivity contribution is 6.17. The maximum atomic E-state index is 13.4. The Hall–Kier alpha value is -3.59. The highest BCUT2D eigenvalue weighted by Crippen LogP contribution is 2.35. The van der Waals surface area contributed by atoms with Gasteiger partial charge in [0.1, 0.15) is 11.5 Å². The van der Waals surface area contributed by atoms with Crippen molar-refractivity contribution in [3.05, 3.63) is 96.1 Å². The summed E-state index contributed by atoms with van der Waals surface area (Å²) >= 11 is 0. The molecule has 0 radical (unpaired) electrons. The second kappa shape index (κ2) is 7.57. The number of hydrogen-bond donors (Lipinski definition) is 0. The molecule has 4 aromatic carbocycles. The minimum absolute atomic E-state index is 0.0220. The van der Waals surface area contributed by atoms with Crippen LogP contribution >= 0.6 is 0 Å². The van der Waals surface area contributed by atoms with Crippen LogP contribution in [0.2, 0.25) is 0 Å². The van der Waals surface area contributed by atoms with Crippen LogP contribution in [0.5, 0.6) is 11.5 Å². The average Bonchev–Trinajstić information content (AvgIpc) is 2.78. The predicted octanol–water partition coefficient (Wildman–Crippen LogP) is 5.76. The van der Waals surface area contributed by atoms with E-state index in [0.29, 0.717) is 11.1 Å². The van der Waals surface area contributed by atoms with Gasteiger partial charge < -0.3 is 9.47 Å². The van der Waals surface area contributed by atoms with Crippen LogP contribution in [0.15, 0.2) is 84.9 Å². The number of hydrogen-bond acceptors (Lipinski definition) is 3. The van der Waals surface area contributed by atoms with E-state index in [0.717, 1.165) is 33.4 Å². The van der Waals surface area contributed by atoms with Crippen molar-refractivity contribution in [3.63, 3.8) is 0 Å². The monoisotopic (exact) mass is 368 g/mol. The lowest BCUT2D eigenvalue weighted by Crippen LogP contribution is -2.04. The number of rotatable bonds is 5. The van der Waals surface area contributed by atoms with E-state index in [1.54, 1.807) is 38.5 Å². The van der Waals surface area contributed by atoms with Gasteiger partial charge in [0, 0.05) is 16.7 Å². The third-order valence-electron chi connectivity index (χ3n) is 4.89. The van der Waals surface area contributed by atoms with Gasteiger partial charge in [-0.15, -0.1) is 0 Å². The van der Waals surface area contributed by atoms with Crippen molar-refractivity contribution in [2.45, 2.75) is 0 Å². The molecule has 0 bridgehead atoms. The van der Waals surface area contributed by atoms with Gasteiger partial charge in [-0.3, -0.25) is 4.79 Å². The molecule has 3 nitrogen and oxygen atoms in total. The number of carbonyl (C=O) groups is 1. The van der Waals surface area contributed by atoms with Gasteiger partial charge in [0.2, 0.25) is 0 Å². The van der Waals surface area contributed by atoms with Crippen molar-refractivity contribution in [3.8, 4) is 22.6 Å². The lowest BCUT2D eigenvalue weighted by atomic mass is 9.89. The Labute approximate surface area is 164 Å². The molecule has 138 valence electrons. The predicted molar refractivity (Wildman–Crippen MR) is 112 cm³/mol. The fraction of sp³-hybridized carbons (Fsp3) is 0.0800. The number of ketones is 1. The highest BCUT2D eigenvalue weighted by atomic mass is 16.5. The van der Waals surface area contributed by atoms with Gasteiger partial charge in [0.05, 0.1) is 14.2 Å². The first-order valence-electron chi connectivity index (χ1n) is 9.06. The summed E-state index contributed by atoms with van der Waals surface area (Å²) in [6.45, 7) is 0. The highest BCUT2D eigenvalue weighted by Gasteiger charge is 2.18. The summed E-state index contributed by atoms with van der Waals surface area (Å²) in [7, 11) is 3.26. The molecule has 3 heteroatoms. The summed E-state index contributed by atoms with van der Waals surface area (Å²) in [5, 5.41) is 2.05. The van der Waals surface area contributed by atoms with E-state index in [4.69, 9.17) is 9.47 Å². The lowest BCUT2D eigenvalue weighted by Gasteiger charge is -2.14. The smallest absolute Gasteiger partial charge is 0.193 e. The van der Waals surface area contributed by atoms with Crippen molar-refractivity contribution < 1.29 is 14.3 Å².